The van der Waals surface area contributed by atoms with E-state index in [0.717, 1.165) is 54.4 Å². The van der Waals surface area contributed by atoms with Crippen LogP contribution in [0.3, 0.4) is 0 Å². The maximum Gasteiger partial charge on any atom is 0.336 e. The molecule has 178 valence electrons. The summed E-state index contributed by atoms with van der Waals surface area (Å²) in [4.78, 5) is 25.5. The van der Waals surface area contributed by atoms with Gasteiger partial charge in [-0.15, -0.1) is 0 Å². The van der Waals surface area contributed by atoms with Crippen molar-refractivity contribution in [3.63, 3.8) is 0 Å². The van der Waals surface area contributed by atoms with Gasteiger partial charge in [0.25, 0.3) is 0 Å². The van der Waals surface area contributed by atoms with Crippen molar-refractivity contribution in [2.75, 3.05) is 0 Å². The van der Waals surface area contributed by atoms with Gasteiger partial charge in [-0.2, -0.15) is 0 Å². The molecule has 0 aliphatic rings. The van der Waals surface area contributed by atoms with Gasteiger partial charge < -0.3 is 15.1 Å². The minimum Gasteiger partial charge on any atom is -0.478 e. The molecule has 0 bridgehead atoms. The Hall–Kier alpha value is -5.23. The van der Waals surface area contributed by atoms with Crippen molar-refractivity contribution in [3.05, 3.63) is 121 Å². The van der Waals surface area contributed by atoms with E-state index < -0.39 is 5.97 Å². The summed E-state index contributed by atoms with van der Waals surface area (Å²) in [6, 6.07) is 33.7. The predicted octanol–water partition coefficient (Wildman–Crippen LogP) is 7.41. The number of carbonyl (C=O) groups is 1. The zero-order chi connectivity index (χ0) is 25.2. The van der Waals surface area contributed by atoms with Crippen LogP contribution in [0, 0.1) is 0 Å². The number of aromatic nitrogens is 4. The first-order chi connectivity index (χ1) is 18.2. The fourth-order valence-corrected chi connectivity index (χ4v) is 4.68. The first-order valence-corrected chi connectivity index (χ1v) is 11.8. The van der Waals surface area contributed by atoms with Gasteiger partial charge in [-0.3, -0.25) is 0 Å². The number of aromatic carboxylic acids is 1. The molecule has 8 aromatic rings. The normalized spacial score (nSPS) is 10.9. The van der Waals surface area contributed by atoms with Gasteiger partial charge >= 0.3 is 5.97 Å². The van der Waals surface area contributed by atoms with Crippen LogP contribution in [0.1, 0.15) is 10.4 Å². The molecule has 2 aromatic heterocycles. The molecule has 6 heteroatoms. The predicted molar refractivity (Wildman–Crippen MR) is 149 cm³/mol. The molecule has 8 rings (SSSR count). The maximum atomic E-state index is 11.3. The number of nitrogens with one attached hydrogen (secondary N) is 2. The minimum absolute atomic E-state index is 0.366. The molecule has 0 saturated carbocycles. The number of para-hydroxylation sites is 4. The van der Waals surface area contributed by atoms with Gasteiger partial charge in [-0.05, 0) is 62.6 Å². The van der Waals surface area contributed by atoms with E-state index in [1.165, 1.54) is 0 Å². The number of rotatable bonds is 1. The summed E-state index contributed by atoms with van der Waals surface area (Å²) in [7, 11) is 0. The second-order valence-electron chi connectivity index (χ2n) is 8.61. The summed E-state index contributed by atoms with van der Waals surface area (Å²) < 4.78 is 0. The number of aromatic amines is 2. The monoisotopic (exact) mass is 482 g/mol. The summed E-state index contributed by atoms with van der Waals surface area (Å²) in [6.07, 6.45) is 3.40. The van der Waals surface area contributed by atoms with Gasteiger partial charge in [0.05, 0.1) is 40.3 Å². The Morgan fingerprint density at radius 1 is 0.568 bits per heavy atom. The standard InChI is InChI=1S/C17H10O2.2C7H6N2/c18-17(19)14-9-7-12-5-4-10-2-1-3-11-6-8-13(14)16(12)15(10)11;2*1-2-4-7-6(3-1)8-5-9-7/h1-9H,(H,18,19);2*1-5H,(H,8,9). The van der Waals surface area contributed by atoms with E-state index in [9.17, 15) is 9.90 Å². The molecule has 0 spiro atoms. The van der Waals surface area contributed by atoms with Crippen LogP contribution in [-0.4, -0.2) is 31.0 Å². The van der Waals surface area contributed by atoms with Crippen LogP contribution in [-0.2, 0) is 0 Å². The van der Waals surface area contributed by atoms with E-state index in [1.54, 1.807) is 18.7 Å². The lowest BCUT2D eigenvalue weighted by atomic mass is 9.92. The van der Waals surface area contributed by atoms with Crippen LogP contribution in [0.2, 0.25) is 0 Å². The Labute approximate surface area is 211 Å². The average molecular weight is 483 g/mol. The third-order valence-electron chi connectivity index (χ3n) is 6.41. The average Bonchev–Trinajstić information content (AvgIpc) is 3.62. The van der Waals surface area contributed by atoms with E-state index in [-0.39, 0.29) is 0 Å². The molecule has 0 atom stereocenters. The molecule has 0 amide bonds. The number of imidazole rings is 2. The van der Waals surface area contributed by atoms with Crippen molar-refractivity contribution in [2.24, 2.45) is 0 Å². The fourth-order valence-electron chi connectivity index (χ4n) is 4.68. The number of carboxylic acids is 1. The maximum absolute atomic E-state index is 11.3. The Morgan fingerprint density at radius 3 is 1.65 bits per heavy atom. The molecule has 0 fully saturated rings. The number of hydrogen-bond acceptors (Lipinski definition) is 3. The van der Waals surface area contributed by atoms with Gasteiger partial charge in [-0.25, -0.2) is 14.8 Å². The SMILES string of the molecule is O=C(O)c1ccc2ccc3cccc4ccc1c2c34.c1ccc2[nH]cnc2c1.c1ccc2[nH]cnc2c1. The van der Waals surface area contributed by atoms with Gasteiger partial charge in [-0.1, -0.05) is 72.8 Å². The van der Waals surface area contributed by atoms with E-state index >= 15 is 0 Å². The van der Waals surface area contributed by atoms with Crippen LogP contribution in [0.15, 0.2) is 116 Å². The van der Waals surface area contributed by atoms with Crippen molar-refractivity contribution in [2.45, 2.75) is 0 Å². The summed E-state index contributed by atoms with van der Waals surface area (Å²) in [5.74, 6) is -0.877. The number of H-pyrrole nitrogens is 2. The molecular weight excluding hydrogens is 460 g/mol. The molecule has 6 nitrogen and oxygen atoms in total. The topological polar surface area (TPSA) is 94.7 Å². The largest absolute Gasteiger partial charge is 0.478 e. The summed E-state index contributed by atoms with van der Waals surface area (Å²) in [5.41, 5.74) is 4.61. The second-order valence-corrected chi connectivity index (χ2v) is 8.61. The van der Waals surface area contributed by atoms with E-state index in [4.69, 9.17) is 0 Å². The number of nitrogens with zero attached hydrogens (tertiary/aromatic N) is 2. The van der Waals surface area contributed by atoms with Crippen molar-refractivity contribution >= 4 is 60.4 Å². The van der Waals surface area contributed by atoms with Crippen molar-refractivity contribution < 1.29 is 9.90 Å². The van der Waals surface area contributed by atoms with Gasteiger partial charge in [0.1, 0.15) is 0 Å². The summed E-state index contributed by atoms with van der Waals surface area (Å²) >= 11 is 0. The molecule has 2 heterocycles. The fraction of sp³-hybridized carbons (Fsp3) is 0. The van der Waals surface area contributed by atoms with Gasteiger partial charge in [0.2, 0.25) is 0 Å². The molecule has 3 N–H and O–H groups in total. The highest BCUT2D eigenvalue weighted by Gasteiger charge is 2.13. The Morgan fingerprint density at radius 2 is 1.08 bits per heavy atom. The number of benzene rings is 6. The second kappa shape index (κ2) is 9.43. The van der Waals surface area contributed by atoms with Crippen molar-refractivity contribution in [3.8, 4) is 0 Å². The van der Waals surface area contributed by atoms with Crippen LogP contribution < -0.4 is 0 Å². The van der Waals surface area contributed by atoms with Gasteiger partial charge in [0, 0.05) is 0 Å². The summed E-state index contributed by atoms with van der Waals surface area (Å²) in [5, 5.41) is 15.7. The zero-order valence-corrected chi connectivity index (χ0v) is 19.7. The lowest BCUT2D eigenvalue weighted by molar-refractivity contribution is 0.0699. The smallest absolute Gasteiger partial charge is 0.336 e. The molecule has 6 aromatic carbocycles. The van der Waals surface area contributed by atoms with Crippen molar-refractivity contribution in [1.29, 1.82) is 0 Å². The third-order valence-corrected chi connectivity index (χ3v) is 6.41. The highest BCUT2D eigenvalue weighted by molar-refractivity contribution is 6.25. The summed E-state index contributed by atoms with van der Waals surface area (Å²) in [6.45, 7) is 0. The molecule has 0 saturated heterocycles. The highest BCUT2D eigenvalue weighted by Crippen LogP contribution is 2.35. The van der Waals surface area contributed by atoms with E-state index in [0.29, 0.717) is 5.56 Å². The first kappa shape index (κ1) is 22.2. The Bertz CT molecular complexity index is 1840. The van der Waals surface area contributed by atoms with Crippen LogP contribution in [0.4, 0.5) is 0 Å². The van der Waals surface area contributed by atoms with E-state index in [2.05, 4.69) is 44.2 Å². The molecule has 0 aliphatic carbocycles. The molecule has 37 heavy (non-hydrogen) atoms. The number of fused-ring (bicyclic) bond motifs is 2. The lowest BCUT2D eigenvalue weighted by Crippen LogP contribution is -1.98. The highest BCUT2D eigenvalue weighted by atomic mass is 16.4. The van der Waals surface area contributed by atoms with Crippen molar-refractivity contribution in [1.82, 2.24) is 19.9 Å². The van der Waals surface area contributed by atoms with Crippen LogP contribution in [0.25, 0.3) is 54.4 Å². The molecule has 0 radical (unpaired) electrons. The van der Waals surface area contributed by atoms with Crippen LogP contribution in [0.5, 0.6) is 0 Å². The first-order valence-electron chi connectivity index (χ1n) is 11.8. The third kappa shape index (κ3) is 4.21. The lowest BCUT2D eigenvalue weighted by Gasteiger charge is -2.11. The Balaban J connectivity index is 0.000000116. The Kier molecular flexibility index (Phi) is 5.67. The van der Waals surface area contributed by atoms with Crippen LogP contribution >= 0.6 is 0 Å². The number of hydrogen-bond donors (Lipinski definition) is 3. The molecular formula is C31H22N4O2. The quantitative estimate of drug-likeness (QED) is 0.212. The van der Waals surface area contributed by atoms with Gasteiger partial charge in [0.15, 0.2) is 0 Å². The number of carboxylic acid groups (broad SMARTS) is 1. The molecule has 0 unspecified atom stereocenters. The molecule has 0 aliphatic heterocycles. The van der Waals surface area contributed by atoms with E-state index in [1.807, 2.05) is 72.8 Å². The zero-order valence-electron chi connectivity index (χ0n) is 19.7. The minimum atomic E-state index is -0.877.